The molecule has 2 N–H and O–H groups in total. The summed E-state index contributed by atoms with van der Waals surface area (Å²) in [5.74, 6) is 0.0359. The van der Waals surface area contributed by atoms with Gasteiger partial charge in [0, 0.05) is 38.6 Å². The SMILES string of the molecule is CC(C)(C)OC(=O)NCCNC(=O)[C@H]1CCCN(Cc2cccnc2)C1. The van der Waals surface area contributed by atoms with Gasteiger partial charge in [0.1, 0.15) is 5.60 Å². The Morgan fingerprint density at radius 1 is 1.31 bits per heavy atom. The number of nitrogens with one attached hydrogen (secondary N) is 2. The van der Waals surface area contributed by atoms with E-state index in [2.05, 4.69) is 26.6 Å². The predicted molar refractivity (Wildman–Crippen MR) is 99.5 cm³/mol. The summed E-state index contributed by atoms with van der Waals surface area (Å²) in [5, 5.41) is 5.55. The quantitative estimate of drug-likeness (QED) is 0.756. The fourth-order valence-electron chi connectivity index (χ4n) is 2.97. The Labute approximate surface area is 155 Å². The van der Waals surface area contributed by atoms with E-state index in [0.29, 0.717) is 13.1 Å². The van der Waals surface area contributed by atoms with Crippen LogP contribution in [0.25, 0.3) is 0 Å². The van der Waals surface area contributed by atoms with Gasteiger partial charge in [-0.05, 0) is 51.8 Å². The number of likely N-dealkylation sites (tertiary alicyclic amines) is 1. The van der Waals surface area contributed by atoms with Gasteiger partial charge in [-0.25, -0.2) is 4.79 Å². The number of rotatable bonds is 6. The number of hydrogen-bond donors (Lipinski definition) is 2. The van der Waals surface area contributed by atoms with Gasteiger partial charge in [-0.1, -0.05) is 6.07 Å². The van der Waals surface area contributed by atoms with Crippen LogP contribution < -0.4 is 10.6 Å². The smallest absolute Gasteiger partial charge is 0.407 e. The number of aromatic nitrogens is 1. The van der Waals surface area contributed by atoms with Crippen molar-refractivity contribution in [1.29, 1.82) is 0 Å². The van der Waals surface area contributed by atoms with E-state index in [1.807, 2.05) is 33.0 Å². The Kier molecular flexibility index (Phi) is 7.38. The number of alkyl carbamates (subject to hydrolysis) is 1. The fourth-order valence-corrected chi connectivity index (χ4v) is 2.97. The molecule has 2 rings (SSSR count). The van der Waals surface area contributed by atoms with Crippen LogP contribution in [0.1, 0.15) is 39.2 Å². The highest BCUT2D eigenvalue weighted by molar-refractivity contribution is 5.79. The number of pyridine rings is 1. The summed E-state index contributed by atoms with van der Waals surface area (Å²) in [7, 11) is 0. The number of hydrogen-bond acceptors (Lipinski definition) is 5. The molecule has 2 heterocycles. The van der Waals surface area contributed by atoms with Gasteiger partial charge in [-0.15, -0.1) is 0 Å². The summed E-state index contributed by atoms with van der Waals surface area (Å²) in [4.78, 5) is 30.4. The van der Waals surface area contributed by atoms with E-state index in [-0.39, 0.29) is 11.8 Å². The predicted octanol–water partition coefficient (Wildman–Crippen LogP) is 1.93. The number of carbonyl (C=O) groups is 2. The largest absolute Gasteiger partial charge is 0.444 e. The van der Waals surface area contributed by atoms with Gasteiger partial charge in [-0.2, -0.15) is 0 Å². The van der Waals surface area contributed by atoms with Crippen molar-refractivity contribution < 1.29 is 14.3 Å². The Morgan fingerprint density at radius 3 is 2.77 bits per heavy atom. The molecule has 1 fully saturated rings. The molecule has 1 aromatic rings. The number of piperidine rings is 1. The summed E-state index contributed by atoms with van der Waals surface area (Å²) in [6.07, 6.45) is 5.07. The van der Waals surface area contributed by atoms with Gasteiger partial charge in [0.25, 0.3) is 0 Å². The van der Waals surface area contributed by atoms with Crippen molar-refractivity contribution in [3.8, 4) is 0 Å². The van der Waals surface area contributed by atoms with Crippen LogP contribution in [0.5, 0.6) is 0 Å². The van der Waals surface area contributed by atoms with Crippen LogP contribution in [0.4, 0.5) is 4.79 Å². The molecule has 0 saturated carbocycles. The zero-order valence-corrected chi connectivity index (χ0v) is 16.0. The van der Waals surface area contributed by atoms with E-state index in [0.717, 1.165) is 38.0 Å². The Hall–Kier alpha value is -2.15. The molecular formula is C19H30N4O3. The third-order valence-electron chi connectivity index (χ3n) is 4.10. The fraction of sp³-hybridized carbons (Fsp3) is 0.632. The normalized spacial score (nSPS) is 18.2. The van der Waals surface area contributed by atoms with Crippen LogP contribution in [-0.2, 0) is 16.1 Å². The maximum atomic E-state index is 12.4. The summed E-state index contributed by atoms with van der Waals surface area (Å²) in [6.45, 7) is 8.76. The molecule has 2 amide bonds. The first-order chi connectivity index (χ1) is 12.3. The van der Waals surface area contributed by atoms with Gasteiger partial charge >= 0.3 is 6.09 Å². The lowest BCUT2D eigenvalue weighted by molar-refractivity contribution is -0.126. The number of carbonyl (C=O) groups excluding carboxylic acids is 2. The minimum Gasteiger partial charge on any atom is -0.444 e. The lowest BCUT2D eigenvalue weighted by Crippen LogP contribution is -2.44. The molecule has 0 bridgehead atoms. The highest BCUT2D eigenvalue weighted by atomic mass is 16.6. The van der Waals surface area contributed by atoms with Crippen LogP contribution >= 0.6 is 0 Å². The van der Waals surface area contributed by atoms with E-state index in [4.69, 9.17) is 4.74 Å². The molecule has 1 aliphatic rings. The minimum absolute atomic E-state index is 0.0121. The highest BCUT2D eigenvalue weighted by Gasteiger charge is 2.25. The maximum Gasteiger partial charge on any atom is 0.407 e. The van der Waals surface area contributed by atoms with Gasteiger partial charge in [0.15, 0.2) is 0 Å². The minimum atomic E-state index is -0.521. The Balaban J connectivity index is 1.68. The van der Waals surface area contributed by atoms with Gasteiger partial charge in [0.05, 0.1) is 5.92 Å². The molecule has 144 valence electrons. The number of ether oxygens (including phenoxy) is 1. The second-order valence-corrected chi connectivity index (χ2v) is 7.66. The number of amides is 2. The Morgan fingerprint density at radius 2 is 2.08 bits per heavy atom. The molecule has 7 heteroatoms. The summed E-state index contributed by atoms with van der Waals surface area (Å²) in [5.41, 5.74) is 0.641. The first-order valence-electron chi connectivity index (χ1n) is 9.19. The van der Waals surface area contributed by atoms with Crippen molar-refractivity contribution in [3.05, 3.63) is 30.1 Å². The molecule has 0 radical (unpaired) electrons. The van der Waals surface area contributed by atoms with Crippen molar-refractivity contribution in [2.45, 2.75) is 45.8 Å². The van der Waals surface area contributed by atoms with E-state index in [9.17, 15) is 9.59 Å². The van der Waals surface area contributed by atoms with Gasteiger partial charge in [-0.3, -0.25) is 14.7 Å². The van der Waals surface area contributed by atoms with Gasteiger partial charge in [0.2, 0.25) is 5.91 Å². The van der Waals surface area contributed by atoms with E-state index in [1.54, 1.807) is 6.20 Å². The standard InChI is InChI=1S/C19H30N4O3/c1-19(2,3)26-18(25)22-10-9-21-17(24)16-7-5-11-23(14-16)13-15-6-4-8-20-12-15/h4,6,8,12,16H,5,7,9-11,13-14H2,1-3H3,(H,21,24)(H,22,25)/t16-/m0/s1. The molecule has 0 unspecified atom stereocenters. The first-order valence-corrected chi connectivity index (χ1v) is 9.19. The highest BCUT2D eigenvalue weighted by Crippen LogP contribution is 2.18. The summed E-state index contributed by atoms with van der Waals surface area (Å²) >= 11 is 0. The van der Waals surface area contributed by atoms with Crippen LogP contribution in [0.15, 0.2) is 24.5 Å². The molecular weight excluding hydrogens is 332 g/mol. The maximum absolute atomic E-state index is 12.4. The van der Waals surface area contributed by atoms with Crippen LogP contribution in [0, 0.1) is 5.92 Å². The third-order valence-corrected chi connectivity index (χ3v) is 4.10. The van der Waals surface area contributed by atoms with E-state index >= 15 is 0 Å². The molecule has 1 aliphatic heterocycles. The average molecular weight is 362 g/mol. The van der Waals surface area contributed by atoms with Crippen molar-refractivity contribution in [2.75, 3.05) is 26.2 Å². The molecule has 1 saturated heterocycles. The second-order valence-electron chi connectivity index (χ2n) is 7.66. The van der Waals surface area contributed by atoms with Crippen molar-refractivity contribution in [2.24, 2.45) is 5.92 Å². The average Bonchev–Trinajstić information content (AvgIpc) is 2.58. The summed E-state index contributed by atoms with van der Waals surface area (Å²) in [6, 6.07) is 3.99. The topological polar surface area (TPSA) is 83.6 Å². The second kappa shape index (κ2) is 9.52. The van der Waals surface area contributed by atoms with Crippen LogP contribution in [-0.4, -0.2) is 53.7 Å². The third kappa shape index (κ3) is 7.39. The van der Waals surface area contributed by atoms with Crippen LogP contribution in [0.2, 0.25) is 0 Å². The molecule has 0 spiro atoms. The van der Waals surface area contributed by atoms with E-state index < -0.39 is 11.7 Å². The van der Waals surface area contributed by atoms with Crippen LogP contribution in [0.3, 0.4) is 0 Å². The monoisotopic (exact) mass is 362 g/mol. The zero-order chi connectivity index (χ0) is 19.0. The lowest BCUT2D eigenvalue weighted by Gasteiger charge is -2.32. The van der Waals surface area contributed by atoms with Crippen molar-refractivity contribution in [3.63, 3.8) is 0 Å². The Bertz CT molecular complexity index is 586. The van der Waals surface area contributed by atoms with Gasteiger partial charge < -0.3 is 15.4 Å². The lowest BCUT2D eigenvalue weighted by atomic mass is 9.97. The van der Waals surface area contributed by atoms with E-state index in [1.165, 1.54) is 0 Å². The summed E-state index contributed by atoms with van der Waals surface area (Å²) < 4.78 is 5.16. The first kappa shape index (κ1) is 20.2. The van der Waals surface area contributed by atoms with Crippen molar-refractivity contribution in [1.82, 2.24) is 20.5 Å². The molecule has 0 aliphatic carbocycles. The number of nitrogens with zero attached hydrogens (tertiary/aromatic N) is 2. The molecule has 1 aromatic heterocycles. The zero-order valence-electron chi connectivity index (χ0n) is 16.0. The molecule has 7 nitrogen and oxygen atoms in total. The van der Waals surface area contributed by atoms with Crippen molar-refractivity contribution >= 4 is 12.0 Å². The molecule has 1 atom stereocenters. The molecule has 0 aromatic carbocycles. The molecule has 26 heavy (non-hydrogen) atoms.